The van der Waals surface area contributed by atoms with Gasteiger partial charge in [0.05, 0.1) is 23.6 Å². The lowest BCUT2D eigenvalue weighted by Gasteiger charge is -2.12. The summed E-state index contributed by atoms with van der Waals surface area (Å²) >= 11 is 6.06. The Hall–Kier alpha value is -2.32. The van der Waals surface area contributed by atoms with Gasteiger partial charge < -0.3 is 15.4 Å². The van der Waals surface area contributed by atoms with E-state index in [-0.39, 0.29) is 23.5 Å². The predicted molar refractivity (Wildman–Crippen MR) is 101 cm³/mol. The maximum absolute atomic E-state index is 12.4. The normalized spacial score (nSPS) is 18.3. The lowest BCUT2D eigenvalue weighted by molar-refractivity contribution is 0.102. The molecule has 2 N–H and O–H groups in total. The molecule has 1 atom stereocenters. The van der Waals surface area contributed by atoms with Gasteiger partial charge in [0, 0.05) is 23.5 Å². The van der Waals surface area contributed by atoms with Crippen LogP contribution in [0.15, 0.2) is 36.5 Å². The molecule has 0 saturated carbocycles. The van der Waals surface area contributed by atoms with Crippen molar-refractivity contribution in [3.8, 4) is 5.75 Å². The molecule has 0 bridgehead atoms. The monoisotopic (exact) mass is 395 g/mol. The molecule has 1 aromatic carbocycles. The maximum Gasteiger partial charge on any atom is 0.255 e. The molecule has 138 valence electrons. The van der Waals surface area contributed by atoms with Crippen LogP contribution in [-0.2, 0) is 9.84 Å². The number of sulfone groups is 1. The first-order valence-corrected chi connectivity index (χ1v) is 10.1. The number of aromatic nitrogens is 1. The van der Waals surface area contributed by atoms with E-state index >= 15 is 0 Å². The van der Waals surface area contributed by atoms with Crippen molar-refractivity contribution in [2.75, 3.05) is 29.2 Å². The number of amides is 1. The first kappa shape index (κ1) is 18.5. The van der Waals surface area contributed by atoms with Gasteiger partial charge in [-0.2, -0.15) is 0 Å². The number of hydrogen-bond donors (Lipinski definition) is 2. The van der Waals surface area contributed by atoms with Crippen LogP contribution in [0.1, 0.15) is 16.8 Å². The molecular weight excluding hydrogens is 378 g/mol. The van der Waals surface area contributed by atoms with E-state index in [0.29, 0.717) is 34.3 Å². The van der Waals surface area contributed by atoms with Crippen LogP contribution in [0.4, 0.5) is 11.5 Å². The van der Waals surface area contributed by atoms with Crippen molar-refractivity contribution in [1.82, 2.24) is 4.98 Å². The molecule has 0 aliphatic carbocycles. The van der Waals surface area contributed by atoms with E-state index in [1.165, 1.54) is 13.3 Å². The third kappa shape index (κ3) is 4.44. The molecule has 2 heterocycles. The van der Waals surface area contributed by atoms with Gasteiger partial charge in [-0.15, -0.1) is 0 Å². The molecule has 1 unspecified atom stereocenters. The molecule has 1 fully saturated rings. The number of ether oxygens (including phenoxy) is 1. The van der Waals surface area contributed by atoms with Gasteiger partial charge in [0.2, 0.25) is 0 Å². The smallest absolute Gasteiger partial charge is 0.255 e. The highest BCUT2D eigenvalue weighted by Crippen LogP contribution is 2.27. The van der Waals surface area contributed by atoms with Gasteiger partial charge in [0.15, 0.2) is 9.84 Å². The van der Waals surface area contributed by atoms with Crippen LogP contribution in [0.5, 0.6) is 5.75 Å². The molecule has 2 aromatic rings. The first-order valence-electron chi connectivity index (χ1n) is 7.94. The third-order valence-electron chi connectivity index (χ3n) is 4.02. The number of carbonyl (C=O) groups is 1. The number of carbonyl (C=O) groups excluding carboxylic acids is 1. The molecule has 1 saturated heterocycles. The van der Waals surface area contributed by atoms with E-state index in [4.69, 9.17) is 16.3 Å². The standard InChI is InChI=1S/C17H18ClN3O4S/c1-25-15-3-2-12(9-14(15)18)21-17(22)11-4-6-19-16(8-11)20-13-5-7-26(23,24)10-13/h2-4,6,8-9,13H,5,7,10H2,1H3,(H,19,20)(H,21,22). The highest BCUT2D eigenvalue weighted by Gasteiger charge is 2.28. The summed E-state index contributed by atoms with van der Waals surface area (Å²) in [5, 5.41) is 6.22. The third-order valence-corrected chi connectivity index (χ3v) is 6.08. The Morgan fingerprint density at radius 2 is 2.12 bits per heavy atom. The van der Waals surface area contributed by atoms with E-state index in [2.05, 4.69) is 15.6 Å². The Morgan fingerprint density at radius 1 is 1.31 bits per heavy atom. The number of halogens is 1. The zero-order chi connectivity index (χ0) is 18.7. The van der Waals surface area contributed by atoms with E-state index in [0.717, 1.165) is 0 Å². The van der Waals surface area contributed by atoms with Gasteiger partial charge in [-0.3, -0.25) is 4.79 Å². The number of hydrogen-bond acceptors (Lipinski definition) is 6. The quantitative estimate of drug-likeness (QED) is 0.807. The number of nitrogens with one attached hydrogen (secondary N) is 2. The maximum atomic E-state index is 12.4. The number of nitrogens with zero attached hydrogens (tertiary/aromatic N) is 1. The van der Waals surface area contributed by atoms with E-state index in [9.17, 15) is 13.2 Å². The highest BCUT2D eigenvalue weighted by atomic mass is 35.5. The number of benzene rings is 1. The topological polar surface area (TPSA) is 97.4 Å². The summed E-state index contributed by atoms with van der Waals surface area (Å²) in [6, 6.07) is 7.93. The largest absolute Gasteiger partial charge is 0.495 e. The summed E-state index contributed by atoms with van der Waals surface area (Å²) in [7, 11) is -1.47. The molecule has 1 aliphatic rings. The summed E-state index contributed by atoms with van der Waals surface area (Å²) in [5.41, 5.74) is 0.935. The van der Waals surface area contributed by atoms with Gasteiger partial charge in [-0.05, 0) is 36.8 Å². The molecule has 9 heteroatoms. The highest BCUT2D eigenvalue weighted by molar-refractivity contribution is 7.91. The van der Waals surface area contributed by atoms with Crippen molar-refractivity contribution in [1.29, 1.82) is 0 Å². The lowest BCUT2D eigenvalue weighted by atomic mass is 10.2. The Labute approximate surface area is 156 Å². The molecular formula is C17H18ClN3O4S. The van der Waals surface area contributed by atoms with Crippen molar-refractivity contribution in [2.24, 2.45) is 0 Å². The summed E-state index contributed by atoms with van der Waals surface area (Å²) in [5.74, 6) is 0.910. The minimum absolute atomic E-state index is 0.0788. The minimum Gasteiger partial charge on any atom is -0.495 e. The predicted octanol–water partition coefficient (Wildman–Crippen LogP) is 2.59. The average Bonchev–Trinajstić information content (AvgIpc) is 2.94. The molecule has 1 amide bonds. The Balaban J connectivity index is 1.69. The van der Waals surface area contributed by atoms with Crippen LogP contribution in [0, 0.1) is 0 Å². The molecule has 3 rings (SSSR count). The molecule has 26 heavy (non-hydrogen) atoms. The summed E-state index contributed by atoms with van der Waals surface area (Å²) in [6.07, 6.45) is 2.03. The number of methoxy groups -OCH3 is 1. The van der Waals surface area contributed by atoms with E-state index in [1.54, 1.807) is 30.3 Å². The van der Waals surface area contributed by atoms with Crippen LogP contribution >= 0.6 is 11.6 Å². The minimum atomic E-state index is -2.98. The van der Waals surface area contributed by atoms with Gasteiger partial charge >= 0.3 is 0 Å². The summed E-state index contributed by atoms with van der Waals surface area (Å²) in [6.45, 7) is 0. The Kier molecular flexibility index (Phi) is 5.33. The molecule has 1 aliphatic heterocycles. The average molecular weight is 396 g/mol. The summed E-state index contributed by atoms with van der Waals surface area (Å²) < 4.78 is 28.2. The zero-order valence-electron chi connectivity index (χ0n) is 14.0. The number of pyridine rings is 1. The molecule has 0 radical (unpaired) electrons. The van der Waals surface area contributed by atoms with Crippen molar-refractivity contribution in [3.05, 3.63) is 47.1 Å². The lowest BCUT2D eigenvalue weighted by Crippen LogP contribution is -2.21. The number of anilines is 2. The second-order valence-electron chi connectivity index (χ2n) is 5.98. The fourth-order valence-electron chi connectivity index (χ4n) is 2.72. The molecule has 1 aromatic heterocycles. The fraction of sp³-hybridized carbons (Fsp3) is 0.294. The van der Waals surface area contributed by atoms with Crippen LogP contribution < -0.4 is 15.4 Å². The van der Waals surface area contributed by atoms with Crippen LogP contribution in [0.3, 0.4) is 0 Å². The van der Waals surface area contributed by atoms with Crippen LogP contribution in [0.25, 0.3) is 0 Å². The van der Waals surface area contributed by atoms with Crippen LogP contribution in [-0.4, -0.2) is 44.0 Å². The SMILES string of the molecule is COc1ccc(NC(=O)c2ccnc(NC3CCS(=O)(=O)C3)c2)cc1Cl. The van der Waals surface area contributed by atoms with Gasteiger partial charge in [-0.25, -0.2) is 13.4 Å². The molecule has 0 spiro atoms. The second kappa shape index (κ2) is 7.51. The van der Waals surface area contributed by atoms with E-state index < -0.39 is 9.84 Å². The van der Waals surface area contributed by atoms with Crippen molar-refractivity contribution in [2.45, 2.75) is 12.5 Å². The van der Waals surface area contributed by atoms with Crippen LogP contribution in [0.2, 0.25) is 5.02 Å². The van der Waals surface area contributed by atoms with Gasteiger partial charge in [0.25, 0.3) is 5.91 Å². The van der Waals surface area contributed by atoms with Crippen molar-refractivity contribution < 1.29 is 17.9 Å². The Bertz CT molecular complexity index is 933. The summed E-state index contributed by atoms with van der Waals surface area (Å²) in [4.78, 5) is 16.6. The fourth-order valence-corrected chi connectivity index (χ4v) is 4.65. The van der Waals surface area contributed by atoms with Crippen molar-refractivity contribution >= 4 is 38.9 Å². The second-order valence-corrected chi connectivity index (χ2v) is 8.61. The van der Waals surface area contributed by atoms with Crippen molar-refractivity contribution in [3.63, 3.8) is 0 Å². The molecule has 7 nitrogen and oxygen atoms in total. The Morgan fingerprint density at radius 3 is 2.77 bits per heavy atom. The first-order chi connectivity index (χ1) is 12.4. The van der Waals surface area contributed by atoms with E-state index in [1.807, 2.05) is 0 Å². The van der Waals surface area contributed by atoms with Gasteiger partial charge in [0.1, 0.15) is 11.6 Å². The number of rotatable bonds is 5. The van der Waals surface area contributed by atoms with Gasteiger partial charge in [-0.1, -0.05) is 11.6 Å². The zero-order valence-corrected chi connectivity index (χ0v) is 15.6.